The van der Waals surface area contributed by atoms with E-state index in [1.165, 1.54) is 0 Å². The predicted octanol–water partition coefficient (Wildman–Crippen LogP) is 2.08. The zero-order valence-corrected chi connectivity index (χ0v) is 17.1. The fourth-order valence-corrected chi connectivity index (χ4v) is 2.34. The lowest BCUT2D eigenvalue weighted by Crippen LogP contribution is -2.41. The normalized spacial score (nSPS) is 13.2. The Balaban J connectivity index is 2.67. The maximum Gasteiger partial charge on any atom is 0.406 e. The van der Waals surface area contributed by atoms with Gasteiger partial charge < -0.3 is 25.4 Å². The fraction of sp³-hybridized carbons (Fsp3) is 0.579. The summed E-state index contributed by atoms with van der Waals surface area (Å²) in [6.45, 7) is 4.39. The number of aliphatic imine (C=N–C) groups is 1. The number of ether oxygens (including phenoxy) is 1. The van der Waals surface area contributed by atoms with Crippen LogP contribution in [-0.4, -0.2) is 67.4 Å². The van der Waals surface area contributed by atoms with E-state index < -0.39 is 31.3 Å². The number of nitrogens with one attached hydrogen (secondary N) is 2. The zero-order chi connectivity index (χ0) is 22.0. The molecular weight excluding hydrogens is 389 g/mol. The molecule has 3 N–H and O–H groups in total. The molecule has 0 aromatic heterocycles. The molecule has 0 heterocycles. The topological polar surface area (TPSA) is 86.2 Å². The summed E-state index contributed by atoms with van der Waals surface area (Å²) in [6.07, 6.45) is -5.34. The summed E-state index contributed by atoms with van der Waals surface area (Å²) in [5.41, 5.74) is 0.632. The molecule has 7 nitrogen and oxygen atoms in total. The van der Waals surface area contributed by atoms with E-state index in [1.54, 1.807) is 31.2 Å². The van der Waals surface area contributed by atoms with Gasteiger partial charge in [-0.3, -0.25) is 4.79 Å². The molecule has 0 aliphatic heterocycles. The predicted molar refractivity (Wildman–Crippen MR) is 105 cm³/mol. The van der Waals surface area contributed by atoms with Crippen LogP contribution in [0.4, 0.5) is 13.2 Å². The van der Waals surface area contributed by atoms with E-state index in [2.05, 4.69) is 15.6 Å². The Morgan fingerprint density at radius 1 is 1.31 bits per heavy atom. The molecule has 29 heavy (non-hydrogen) atoms. The third-order valence-electron chi connectivity index (χ3n) is 3.64. The largest absolute Gasteiger partial charge is 0.491 e. The van der Waals surface area contributed by atoms with E-state index in [-0.39, 0.29) is 18.6 Å². The van der Waals surface area contributed by atoms with Crippen LogP contribution in [0.25, 0.3) is 0 Å². The van der Waals surface area contributed by atoms with Crippen LogP contribution < -0.4 is 15.4 Å². The lowest BCUT2D eigenvalue weighted by Gasteiger charge is -2.19. The Bertz CT molecular complexity index is 681. The number of amides is 1. The number of guanidine groups is 1. The summed E-state index contributed by atoms with van der Waals surface area (Å²) < 4.78 is 42.7. The van der Waals surface area contributed by atoms with E-state index in [1.807, 2.05) is 13.8 Å². The van der Waals surface area contributed by atoms with Gasteiger partial charge in [-0.1, -0.05) is 12.1 Å². The van der Waals surface area contributed by atoms with Crippen molar-refractivity contribution in [1.82, 2.24) is 15.5 Å². The molecule has 0 aliphatic carbocycles. The first-order chi connectivity index (χ1) is 13.5. The number of hydrogen-bond donors (Lipinski definition) is 3. The quantitative estimate of drug-likeness (QED) is 0.422. The molecule has 0 fully saturated rings. The maximum atomic E-state index is 12.4. The maximum absolute atomic E-state index is 12.4. The molecule has 1 aromatic carbocycles. The van der Waals surface area contributed by atoms with Crippen molar-refractivity contribution in [3.8, 4) is 5.75 Å². The molecule has 1 amide bonds. The third-order valence-corrected chi connectivity index (χ3v) is 3.64. The minimum atomic E-state index is -4.46. The Labute approximate surface area is 168 Å². The van der Waals surface area contributed by atoms with Gasteiger partial charge in [0.25, 0.3) is 0 Å². The number of carbonyl (C=O) groups excluding carboxylic acids is 1. The minimum Gasteiger partial charge on any atom is -0.491 e. The van der Waals surface area contributed by atoms with Crippen LogP contribution in [0, 0.1) is 0 Å². The van der Waals surface area contributed by atoms with Crippen molar-refractivity contribution in [3.05, 3.63) is 29.8 Å². The fourth-order valence-electron chi connectivity index (χ4n) is 2.34. The van der Waals surface area contributed by atoms with Crippen molar-refractivity contribution in [1.29, 1.82) is 0 Å². The summed E-state index contributed by atoms with van der Waals surface area (Å²) in [4.78, 5) is 16.4. The summed E-state index contributed by atoms with van der Waals surface area (Å²) in [5.74, 6) is 0.0870. The first kappa shape index (κ1) is 24.5. The number of alkyl halides is 3. The number of nitrogens with zero attached hydrogens (tertiary/aromatic N) is 2. The van der Waals surface area contributed by atoms with Gasteiger partial charge in [-0.2, -0.15) is 13.2 Å². The first-order valence-corrected chi connectivity index (χ1v) is 9.29. The number of aliphatic hydroxyl groups is 1. The smallest absolute Gasteiger partial charge is 0.406 e. The molecule has 0 aliphatic rings. The molecule has 0 radical (unpaired) electrons. The highest BCUT2D eigenvalue weighted by molar-refractivity contribution is 5.84. The third kappa shape index (κ3) is 10.0. The van der Waals surface area contributed by atoms with Crippen LogP contribution in [0.15, 0.2) is 29.3 Å². The SMILES string of the molecule is CCNC(=NCC(=O)N(C)CC(F)(F)F)NCC(O)c1cccc(OC(C)C)c1. The number of aliphatic hydroxyl groups excluding tert-OH is 1. The van der Waals surface area contributed by atoms with Gasteiger partial charge in [0.2, 0.25) is 5.91 Å². The Morgan fingerprint density at radius 3 is 2.59 bits per heavy atom. The second kappa shape index (κ2) is 11.5. The van der Waals surface area contributed by atoms with Gasteiger partial charge in [-0.15, -0.1) is 0 Å². The van der Waals surface area contributed by atoms with Gasteiger partial charge in [0.1, 0.15) is 18.8 Å². The molecule has 1 unspecified atom stereocenters. The van der Waals surface area contributed by atoms with Crippen molar-refractivity contribution >= 4 is 11.9 Å². The molecule has 0 spiro atoms. The monoisotopic (exact) mass is 418 g/mol. The highest BCUT2D eigenvalue weighted by atomic mass is 19.4. The standard InChI is InChI=1S/C19H29F3N4O3/c1-5-23-18(25-11-17(28)26(4)12-19(20,21)22)24-10-16(27)14-7-6-8-15(9-14)29-13(2)3/h6-9,13,16,27H,5,10-12H2,1-4H3,(H2,23,24,25). The van der Waals surface area contributed by atoms with E-state index in [4.69, 9.17) is 4.74 Å². The molecule has 1 atom stereocenters. The van der Waals surface area contributed by atoms with Crippen molar-refractivity contribution in [2.75, 3.05) is 33.2 Å². The van der Waals surface area contributed by atoms with Gasteiger partial charge >= 0.3 is 6.18 Å². The second-order valence-electron chi connectivity index (χ2n) is 6.70. The minimum absolute atomic E-state index is 0.000946. The Hall–Kier alpha value is -2.49. The van der Waals surface area contributed by atoms with E-state index in [9.17, 15) is 23.1 Å². The molecule has 0 saturated heterocycles. The average Bonchev–Trinajstić information content (AvgIpc) is 2.61. The van der Waals surface area contributed by atoms with Crippen molar-refractivity contribution in [2.45, 2.75) is 39.2 Å². The highest BCUT2D eigenvalue weighted by Crippen LogP contribution is 2.20. The number of hydrogen-bond acceptors (Lipinski definition) is 4. The van der Waals surface area contributed by atoms with Gasteiger partial charge in [-0.25, -0.2) is 4.99 Å². The van der Waals surface area contributed by atoms with Gasteiger partial charge in [0, 0.05) is 20.1 Å². The molecule has 1 rings (SSSR count). The number of likely N-dealkylation sites (N-methyl/N-ethyl adjacent to an activating group) is 1. The summed E-state index contributed by atoms with van der Waals surface area (Å²) in [6, 6.07) is 7.04. The number of benzene rings is 1. The lowest BCUT2D eigenvalue weighted by molar-refractivity contribution is -0.157. The van der Waals surface area contributed by atoms with Crippen LogP contribution in [0.2, 0.25) is 0 Å². The molecule has 0 saturated carbocycles. The molecule has 164 valence electrons. The van der Waals surface area contributed by atoms with Crippen LogP contribution in [0.3, 0.4) is 0 Å². The van der Waals surface area contributed by atoms with E-state index >= 15 is 0 Å². The van der Waals surface area contributed by atoms with Crippen molar-refractivity contribution in [3.63, 3.8) is 0 Å². The van der Waals surface area contributed by atoms with Gasteiger partial charge in [0.05, 0.1) is 12.2 Å². The summed E-state index contributed by atoms with van der Waals surface area (Å²) >= 11 is 0. The van der Waals surface area contributed by atoms with Crippen LogP contribution in [0.1, 0.15) is 32.4 Å². The van der Waals surface area contributed by atoms with Gasteiger partial charge in [-0.05, 0) is 38.5 Å². The van der Waals surface area contributed by atoms with Gasteiger partial charge in [0.15, 0.2) is 5.96 Å². The molecule has 0 bridgehead atoms. The van der Waals surface area contributed by atoms with E-state index in [0.29, 0.717) is 22.8 Å². The Morgan fingerprint density at radius 2 is 2.00 bits per heavy atom. The molecule has 10 heteroatoms. The van der Waals surface area contributed by atoms with E-state index in [0.717, 1.165) is 7.05 Å². The van der Waals surface area contributed by atoms with Crippen molar-refractivity contribution < 1.29 is 27.8 Å². The molecular formula is C19H29F3N4O3. The summed E-state index contributed by atoms with van der Waals surface area (Å²) in [7, 11) is 1.07. The average molecular weight is 418 g/mol. The zero-order valence-electron chi connectivity index (χ0n) is 17.1. The number of halogens is 3. The number of carbonyl (C=O) groups is 1. The van der Waals surface area contributed by atoms with Crippen LogP contribution >= 0.6 is 0 Å². The first-order valence-electron chi connectivity index (χ1n) is 9.29. The summed E-state index contributed by atoms with van der Waals surface area (Å²) in [5, 5.41) is 16.1. The second-order valence-corrected chi connectivity index (χ2v) is 6.70. The highest BCUT2D eigenvalue weighted by Gasteiger charge is 2.31. The number of rotatable bonds is 9. The van der Waals surface area contributed by atoms with Crippen molar-refractivity contribution in [2.24, 2.45) is 4.99 Å². The van der Waals surface area contributed by atoms with Crippen LogP contribution in [-0.2, 0) is 4.79 Å². The lowest BCUT2D eigenvalue weighted by atomic mass is 10.1. The molecule has 1 aromatic rings. The Kier molecular flexibility index (Phi) is 9.73. The van der Waals surface area contributed by atoms with Crippen LogP contribution in [0.5, 0.6) is 5.75 Å².